The number of phenolic OH excluding ortho intramolecular Hbond substituents is 2. The molecular formula is C8H10NO2. The van der Waals surface area contributed by atoms with E-state index in [9.17, 15) is 0 Å². The molecule has 0 saturated carbocycles. The summed E-state index contributed by atoms with van der Waals surface area (Å²) in [7, 11) is 0. The molecule has 0 unspecified atom stereocenters. The SMILES string of the molecule is [NH]CCc1ccc(O)c(O)c1. The maximum atomic E-state index is 9.02. The molecule has 59 valence electrons. The third kappa shape index (κ3) is 1.85. The molecule has 1 aromatic carbocycles. The normalized spacial score (nSPS) is 9.91. The fourth-order valence-electron chi connectivity index (χ4n) is 0.869. The number of phenols is 2. The predicted octanol–water partition coefficient (Wildman–Crippen LogP) is 0.923. The summed E-state index contributed by atoms with van der Waals surface area (Å²) < 4.78 is 0. The first-order valence-electron chi connectivity index (χ1n) is 3.39. The van der Waals surface area contributed by atoms with Gasteiger partial charge in [-0.15, -0.1) is 0 Å². The molecule has 0 saturated heterocycles. The maximum Gasteiger partial charge on any atom is 0.157 e. The van der Waals surface area contributed by atoms with E-state index in [1.54, 1.807) is 6.07 Å². The molecule has 0 atom stereocenters. The zero-order valence-electron chi connectivity index (χ0n) is 6.04. The lowest BCUT2D eigenvalue weighted by Crippen LogP contribution is -1.91. The summed E-state index contributed by atoms with van der Waals surface area (Å²) in [4.78, 5) is 0. The van der Waals surface area contributed by atoms with Crippen LogP contribution in [0.25, 0.3) is 0 Å². The van der Waals surface area contributed by atoms with E-state index in [1.165, 1.54) is 12.1 Å². The van der Waals surface area contributed by atoms with E-state index in [-0.39, 0.29) is 11.5 Å². The summed E-state index contributed by atoms with van der Waals surface area (Å²) in [5.74, 6) is -0.227. The molecule has 0 bridgehead atoms. The predicted molar refractivity (Wildman–Crippen MR) is 41.4 cm³/mol. The highest BCUT2D eigenvalue weighted by molar-refractivity contribution is 5.40. The van der Waals surface area contributed by atoms with Gasteiger partial charge in [0.15, 0.2) is 11.5 Å². The van der Waals surface area contributed by atoms with E-state index in [4.69, 9.17) is 15.9 Å². The molecule has 0 amide bonds. The van der Waals surface area contributed by atoms with Crippen molar-refractivity contribution in [3.05, 3.63) is 23.8 Å². The van der Waals surface area contributed by atoms with Gasteiger partial charge >= 0.3 is 0 Å². The molecule has 0 aliphatic heterocycles. The standard InChI is InChI=1S/C8H10NO2/c9-4-3-6-1-2-7(10)8(11)5-6/h1-2,5,9-11H,3-4H2. The average molecular weight is 152 g/mol. The molecule has 11 heavy (non-hydrogen) atoms. The molecule has 0 fully saturated rings. The Kier molecular flexibility index (Phi) is 2.33. The maximum absolute atomic E-state index is 9.02. The van der Waals surface area contributed by atoms with Crippen molar-refractivity contribution in [2.24, 2.45) is 0 Å². The van der Waals surface area contributed by atoms with Gasteiger partial charge in [0.1, 0.15) is 0 Å². The van der Waals surface area contributed by atoms with Crippen LogP contribution in [0.1, 0.15) is 5.56 Å². The van der Waals surface area contributed by atoms with Crippen LogP contribution in [0.15, 0.2) is 18.2 Å². The van der Waals surface area contributed by atoms with E-state index in [1.807, 2.05) is 0 Å². The van der Waals surface area contributed by atoms with Crippen molar-refractivity contribution in [3.8, 4) is 11.5 Å². The number of hydrogen-bond acceptors (Lipinski definition) is 2. The van der Waals surface area contributed by atoms with Crippen LogP contribution in [0.2, 0.25) is 0 Å². The van der Waals surface area contributed by atoms with Gasteiger partial charge in [-0.05, 0) is 24.1 Å². The second kappa shape index (κ2) is 3.25. The summed E-state index contributed by atoms with van der Waals surface area (Å²) in [6.45, 7) is 0.296. The highest BCUT2D eigenvalue weighted by Gasteiger charge is 1.98. The lowest BCUT2D eigenvalue weighted by Gasteiger charge is -2.00. The Hall–Kier alpha value is -1.22. The molecule has 0 aromatic heterocycles. The van der Waals surface area contributed by atoms with Crippen LogP contribution in [0.4, 0.5) is 0 Å². The van der Waals surface area contributed by atoms with E-state index in [0.717, 1.165) is 5.56 Å². The van der Waals surface area contributed by atoms with Crippen molar-refractivity contribution < 1.29 is 10.2 Å². The first-order chi connectivity index (χ1) is 5.24. The Bertz CT molecular complexity index is 248. The minimum Gasteiger partial charge on any atom is -0.504 e. The number of hydrogen-bond donors (Lipinski definition) is 2. The van der Waals surface area contributed by atoms with Gasteiger partial charge in [-0.1, -0.05) is 6.07 Å². The van der Waals surface area contributed by atoms with Crippen molar-refractivity contribution in [2.45, 2.75) is 6.42 Å². The van der Waals surface area contributed by atoms with Gasteiger partial charge in [-0.25, -0.2) is 0 Å². The van der Waals surface area contributed by atoms with Gasteiger partial charge in [0.2, 0.25) is 0 Å². The van der Waals surface area contributed by atoms with E-state index >= 15 is 0 Å². The zero-order valence-corrected chi connectivity index (χ0v) is 6.04. The van der Waals surface area contributed by atoms with Crippen molar-refractivity contribution in [3.63, 3.8) is 0 Å². The fraction of sp³-hybridized carbons (Fsp3) is 0.250. The van der Waals surface area contributed by atoms with E-state index in [2.05, 4.69) is 0 Å². The summed E-state index contributed by atoms with van der Waals surface area (Å²) in [5, 5.41) is 17.9. The smallest absolute Gasteiger partial charge is 0.157 e. The summed E-state index contributed by atoms with van der Waals surface area (Å²) >= 11 is 0. The topological polar surface area (TPSA) is 64.3 Å². The molecule has 3 N–H and O–H groups in total. The molecule has 0 spiro atoms. The van der Waals surface area contributed by atoms with Gasteiger partial charge in [-0.3, -0.25) is 5.73 Å². The third-order valence-corrected chi connectivity index (χ3v) is 1.45. The fourth-order valence-corrected chi connectivity index (χ4v) is 0.869. The second-order valence-corrected chi connectivity index (χ2v) is 2.32. The third-order valence-electron chi connectivity index (χ3n) is 1.45. The molecule has 0 aliphatic carbocycles. The summed E-state index contributed by atoms with van der Waals surface area (Å²) in [6, 6.07) is 4.60. The lowest BCUT2D eigenvalue weighted by atomic mass is 10.1. The zero-order chi connectivity index (χ0) is 8.27. The van der Waals surface area contributed by atoms with Crippen LogP contribution in [-0.4, -0.2) is 16.8 Å². The largest absolute Gasteiger partial charge is 0.504 e. The molecule has 1 rings (SSSR count). The van der Waals surface area contributed by atoms with Crippen molar-refractivity contribution in [2.75, 3.05) is 6.54 Å². The Morgan fingerprint density at radius 2 is 1.91 bits per heavy atom. The van der Waals surface area contributed by atoms with Gasteiger partial charge in [0, 0.05) is 6.54 Å². The van der Waals surface area contributed by atoms with Crippen LogP contribution in [0.5, 0.6) is 11.5 Å². The Morgan fingerprint density at radius 1 is 1.18 bits per heavy atom. The molecule has 3 nitrogen and oxygen atoms in total. The van der Waals surface area contributed by atoms with Gasteiger partial charge < -0.3 is 10.2 Å². The first-order valence-corrected chi connectivity index (χ1v) is 3.39. The Balaban J connectivity index is 2.86. The molecule has 1 radical (unpaired) electrons. The monoisotopic (exact) mass is 152 g/mol. The number of rotatable bonds is 2. The van der Waals surface area contributed by atoms with Crippen LogP contribution in [0.3, 0.4) is 0 Å². The minimum atomic E-state index is -0.115. The number of benzene rings is 1. The molecule has 3 heteroatoms. The number of aromatic hydroxyl groups is 2. The van der Waals surface area contributed by atoms with E-state index in [0.29, 0.717) is 13.0 Å². The molecule has 0 heterocycles. The van der Waals surface area contributed by atoms with Crippen molar-refractivity contribution in [1.29, 1.82) is 0 Å². The minimum absolute atomic E-state index is 0.112. The molecular weight excluding hydrogens is 142 g/mol. The summed E-state index contributed by atoms with van der Waals surface area (Å²) in [5.41, 5.74) is 7.79. The van der Waals surface area contributed by atoms with Gasteiger partial charge in [0.25, 0.3) is 0 Å². The molecule has 0 aliphatic rings. The highest BCUT2D eigenvalue weighted by atomic mass is 16.3. The van der Waals surface area contributed by atoms with Crippen LogP contribution in [0, 0.1) is 0 Å². The Morgan fingerprint density at radius 3 is 2.45 bits per heavy atom. The second-order valence-electron chi connectivity index (χ2n) is 2.32. The van der Waals surface area contributed by atoms with Gasteiger partial charge in [0.05, 0.1) is 0 Å². The summed E-state index contributed by atoms with van der Waals surface area (Å²) in [6.07, 6.45) is 0.605. The van der Waals surface area contributed by atoms with Gasteiger partial charge in [-0.2, -0.15) is 0 Å². The van der Waals surface area contributed by atoms with Crippen molar-refractivity contribution in [1.82, 2.24) is 5.73 Å². The van der Waals surface area contributed by atoms with Crippen LogP contribution in [-0.2, 0) is 6.42 Å². The quantitative estimate of drug-likeness (QED) is 0.619. The highest BCUT2D eigenvalue weighted by Crippen LogP contribution is 2.24. The Labute approximate surface area is 65.1 Å². The van der Waals surface area contributed by atoms with E-state index < -0.39 is 0 Å². The average Bonchev–Trinajstić information content (AvgIpc) is 1.98. The first kappa shape index (κ1) is 7.88. The number of nitrogens with one attached hydrogen (secondary N) is 1. The van der Waals surface area contributed by atoms with Crippen LogP contribution >= 0.6 is 0 Å². The van der Waals surface area contributed by atoms with Crippen LogP contribution < -0.4 is 5.73 Å². The van der Waals surface area contributed by atoms with Crippen molar-refractivity contribution >= 4 is 0 Å². The molecule has 1 aromatic rings. The lowest BCUT2D eigenvalue weighted by molar-refractivity contribution is 0.403.